The third-order valence-electron chi connectivity index (χ3n) is 7.69. The molecule has 0 bridgehead atoms. The minimum Gasteiger partial charge on any atom is -0.507 e. The van der Waals surface area contributed by atoms with E-state index in [-0.39, 0.29) is 46.8 Å². The third-order valence-corrected chi connectivity index (χ3v) is 7.69. The van der Waals surface area contributed by atoms with Crippen LogP contribution in [-0.2, 0) is 22.4 Å². The first-order chi connectivity index (χ1) is 21.2. The van der Waals surface area contributed by atoms with Gasteiger partial charge in [-0.25, -0.2) is 0 Å². The number of benzene rings is 2. The van der Waals surface area contributed by atoms with Gasteiger partial charge in [0.15, 0.2) is 0 Å². The lowest BCUT2D eigenvalue weighted by Gasteiger charge is -2.16. The maximum absolute atomic E-state index is 12.6. The minimum absolute atomic E-state index is 0.108. The number of phenols is 2. The molecule has 1 unspecified atom stereocenters. The van der Waals surface area contributed by atoms with Crippen LogP contribution >= 0.6 is 0 Å². The Bertz CT molecular complexity index is 1230. The second-order valence-corrected chi connectivity index (χ2v) is 11.3. The van der Waals surface area contributed by atoms with E-state index in [0.717, 1.165) is 75.3 Å². The zero-order valence-corrected chi connectivity index (χ0v) is 26.5. The molecule has 0 radical (unpaired) electrons. The number of rotatable bonds is 18. The second-order valence-electron chi connectivity index (χ2n) is 11.3. The van der Waals surface area contributed by atoms with E-state index in [1.54, 1.807) is 30.3 Å². The van der Waals surface area contributed by atoms with Gasteiger partial charge in [0.05, 0.1) is 11.1 Å². The van der Waals surface area contributed by atoms with Crippen molar-refractivity contribution in [3.05, 3.63) is 58.7 Å². The highest BCUT2D eigenvalue weighted by Gasteiger charge is 2.18. The summed E-state index contributed by atoms with van der Waals surface area (Å²) in [5.74, 6) is -2.17. The van der Waals surface area contributed by atoms with E-state index in [2.05, 4.69) is 35.6 Å². The first-order valence-electron chi connectivity index (χ1n) is 16.0. The summed E-state index contributed by atoms with van der Waals surface area (Å²) in [5.41, 5.74) is 11.8. The van der Waals surface area contributed by atoms with Crippen LogP contribution in [0.2, 0.25) is 0 Å². The Balaban J connectivity index is 1.60. The summed E-state index contributed by atoms with van der Waals surface area (Å²) < 4.78 is 0. The van der Waals surface area contributed by atoms with Gasteiger partial charge >= 0.3 is 0 Å². The summed E-state index contributed by atoms with van der Waals surface area (Å²) in [5, 5.41) is 20.4. The maximum Gasteiger partial charge on any atom is 0.273 e. The van der Waals surface area contributed by atoms with Crippen LogP contribution in [0, 0.1) is 5.92 Å². The molecule has 242 valence electrons. The highest BCUT2D eigenvalue weighted by atomic mass is 16.3. The molecule has 0 saturated heterocycles. The van der Waals surface area contributed by atoms with Crippen molar-refractivity contribution in [3.8, 4) is 11.5 Å². The summed E-state index contributed by atoms with van der Waals surface area (Å²) in [4.78, 5) is 49.5. The Hall–Kier alpha value is -4.08. The van der Waals surface area contributed by atoms with Crippen LogP contribution in [0.25, 0.3) is 0 Å². The molecule has 0 saturated carbocycles. The number of nitrogens with one attached hydrogen (secondary N) is 4. The molecule has 6 N–H and O–H groups in total. The topological polar surface area (TPSA) is 157 Å². The molecule has 1 atom stereocenters. The predicted octanol–water partition coefficient (Wildman–Crippen LogP) is 5.76. The fourth-order valence-corrected chi connectivity index (χ4v) is 4.88. The summed E-state index contributed by atoms with van der Waals surface area (Å²) in [6, 6.07) is 9.92. The molecule has 2 aromatic carbocycles. The zero-order chi connectivity index (χ0) is 32.3. The van der Waals surface area contributed by atoms with Crippen molar-refractivity contribution >= 4 is 23.6 Å². The highest BCUT2D eigenvalue weighted by Crippen LogP contribution is 2.21. The molecule has 0 aromatic heterocycles. The number of hydrazine groups is 2. The smallest absolute Gasteiger partial charge is 0.273 e. The lowest BCUT2D eigenvalue weighted by atomic mass is 9.97. The monoisotopic (exact) mass is 610 g/mol. The Morgan fingerprint density at radius 1 is 0.636 bits per heavy atom. The van der Waals surface area contributed by atoms with E-state index in [1.165, 1.54) is 0 Å². The molecule has 0 fully saturated rings. The highest BCUT2D eigenvalue weighted by molar-refractivity contribution is 5.98. The van der Waals surface area contributed by atoms with Crippen molar-refractivity contribution in [2.45, 2.75) is 111 Å². The Morgan fingerprint density at radius 3 is 1.64 bits per heavy atom. The molecular weight excluding hydrogens is 560 g/mol. The van der Waals surface area contributed by atoms with E-state index in [4.69, 9.17) is 0 Å². The molecule has 0 aliphatic rings. The van der Waals surface area contributed by atoms with Gasteiger partial charge < -0.3 is 10.2 Å². The third kappa shape index (κ3) is 12.7. The zero-order valence-electron chi connectivity index (χ0n) is 26.5. The Labute approximate surface area is 261 Å². The van der Waals surface area contributed by atoms with Crippen LogP contribution in [0.5, 0.6) is 11.5 Å². The van der Waals surface area contributed by atoms with E-state index in [0.29, 0.717) is 19.3 Å². The number of hydrogen-bond acceptors (Lipinski definition) is 6. The predicted molar refractivity (Wildman–Crippen MR) is 171 cm³/mol. The Kier molecular flexibility index (Phi) is 16.4. The average Bonchev–Trinajstić information content (AvgIpc) is 3.01. The summed E-state index contributed by atoms with van der Waals surface area (Å²) >= 11 is 0. The van der Waals surface area contributed by atoms with Crippen molar-refractivity contribution in [3.63, 3.8) is 0 Å². The first kappa shape index (κ1) is 36.1. The molecule has 44 heavy (non-hydrogen) atoms. The van der Waals surface area contributed by atoms with Crippen LogP contribution in [0.3, 0.4) is 0 Å². The Morgan fingerprint density at radius 2 is 1.14 bits per heavy atom. The van der Waals surface area contributed by atoms with Crippen LogP contribution in [-0.4, -0.2) is 33.8 Å². The van der Waals surface area contributed by atoms with Gasteiger partial charge in [-0.15, -0.1) is 0 Å². The summed E-state index contributed by atoms with van der Waals surface area (Å²) in [6.45, 7) is 6.10. The second kappa shape index (κ2) is 20.0. The van der Waals surface area contributed by atoms with Gasteiger partial charge in [0, 0.05) is 12.3 Å². The van der Waals surface area contributed by atoms with Gasteiger partial charge in [-0.05, 0) is 80.3 Å². The van der Waals surface area contributed by atoms with Gasteiger partial charge in [0.25, 0.3) is 11.8 Å². The van der Waals surface area contributed by atoms with Crippen LogP contribution < -0.4 is 21.7 Å². The molecular formula is C34H50N4O6. The molecule has 10 nitrogen and oxygen atoms in total. The van der Waals surface area contributed by atoms with Gasteiger partial charge in [0.1, 0.15) is 11.5 Å². The number of unbranched alkanes of at least 4 members (excludes halogenated alkanes) is 6. The van der Waals surface area contributed by atoms with Crippen LogP contribution in [0.15, 0.2) is 36.4 Å². The lowest BCUT2D eigenvalue weighted by Crippen LogP contribution is -2.44. The van der Waals surface area contributed by atoms with Crippen LogP contribution in [0.1, 0.15) is 130 Å². The first-order valence-corrected chi connectivity index (χ1v) is 16.0. The number of aryl methyl sites for hydroxylation is 2. The normalized spacial score (nSPS) is 11.4. The van der Waals surface area contributed by atoms with Crippen molar-refractivity contribution in [2.24, 2.45) is 5.92 Å². The van der Waals surface area contributed by atoms with Crippen molar-refractivity contribution < 1.29 is 29.4 Å². The lowest BCUT2D eigenvalue weighted by molar-refractivity contribution is -0.126. The largest absolute Gasteiger partial charge is 0.507 e. The minimum atomic E-state index is -0.568. The molecule has 0 spiro atoms. The van der Waals surface area contributed by atoms with E-state index >= 15 is 0 Å². The summed E-state index contributed by atoms with van der Waals surface area (Å²) in [7, 11) is 0. The fraction of sp³-hybridized carbons (Fsp3) is 0.529. The quantitative estimate of drug-likeness (QED) is 0.0930. The van der Waals surface area contributed by atoms with Crippen molar-refractivity contribution in [1.82, 2.24) is 21.7 Å². The molecule has 0 heterocycles. The number of amides is 4. The molecule has 2 rings (SSSR count). The van der Waals surface area contributed by atoms with Crippen LogP contribution in [0.4, 0.5) is 0 Å². The van der Waals surface area contributed by atoms with E-state index < -0.39 is 11.8 Å². The van der Waals surface area contributed by atoms with E-state index in [9.17, 15) is 29.4 Å². The average molecular weight is 611 g/mol. The number of hydrogen-bond donors (Lipinski definition) is 6. The van der Waals surface area contributed by atoms with Crippen molar-refractivity contribution in [1.29, 1.82) is 0 Å². The fourth-order valence-electron chi connectivity index (χ4n) is 4.88. The molecule has 4 amide bonds. The molecule has 2 aromatic rings. The number of phenolic OH excluding ortho intramolecular Hbond substituents is 2. The summed E-state index contributed by atoms with van der Waals surface area (Å²) in [6.07, 6.45) is 11.5. The number of aromatic hydroxyl groups is 2. The van der Waals surface area contributed by atoms with E-state index in [1.807, 2.05) is 13.0 Å². The van der Waals surface area contributed by atoms with Gasteiger partial charge in [0.2, 0.25) is 11.8 Å². The SMILES string of the molecule is CCCCc1ccc(C(=O)NNC(=O)CCCCCCCC(CC)C(=O)NNC(=O)c2ccc(CCCC)cc2O)c(O)c1. The van der Waals surface area contributed by atoms with Gasteiger partial charge in [-0.3, -0.25) is 40.9 Å². The number of carbonyl (C=O) groups is 4. The van der Waals surface area contributed by atoms with Crippen molar-refractivity contribution in [2.75, 3.05) is 0 Å². The molecule has 10 heteroatoms. The number of carbonyl (C=O) groups excluding carboxylic acids is 4. The maximum atomic E-state index is 12.6. The van der Waals surface area contributed by atoms with Gasteiger partial charge in [-0.1, -0.05) is 71.4 Å². The molecule has 0 aliphatic heterocycles. The standard InChI is InChI=1S/C34H50N4O6/c1-4-7-14-24-18-20-27(29(39)22-24)33(43)37-35-31(41)17-13-11-9-10-12-16-26(6-3)32(42)36-38-34(44)28-21-19-25(15-8-5-2)23-30(28)40/h18-23,26,39-40H,4-17H2,1-3H3,(H,35,41)(H,36,42)(H,37,43)(H,38,44). The molecule has 0 aliphatic carbocycles. The van der Waals surface area contributed by atoms with Gasteiger partial charge in [-0.2, -0.15) is 0 Å².